The first-order valence-corrected chi connectivity index (χ1v) is 9.21. The van der Waals surface area contributed by atoms with Crippen LogP contribution in [0.1, 0.15) is 48.8 Å². The molecular formula is C19H27N5. The van der Waals surface area contributed by atoms with Gasteiger partial charge in [-0.25, -0.2) is 0 Å². The molecule has 0 spiro atoms. The smallest absolute Gasteiger partial charge is 0.147 e. The lowest BCUT2D eigenvalue weighted by atomic mass is 9.94. The highest BCUT2D eigenvalue weighted by Gasteiger charge is 2.27. The number of likely N-dealkylation sites (tertiary alicyclic amines) is 1. The van der Waals surface area contributed by atoms with E-state index in [1.54, 1.807) is 0 Å². The van der Waals surface area contributed by atoms with E-state index in [2.05, 4.69) is 62.2 Å². The number of hydrogen-bond donors (Lipinski definition) is 1. The summed E-state index contributed by atoms with van der Waals surface area (Å²) in [6.07, 6.45) is 2.40. The van der Waals surface area contributed by atoms with Crippen molar-refractivity contribution < 1.29 is 0 Å². The van der Waals surface area contributed by atoms with Crippen molar-refractivity contribution in [3.05, 3.63) is 47.5 Å². The third-order valence-corrected chi connectivity index (χ3v) is 5.50. The second-order valence-corrected chi connectivity index (χ2v) is 7.19. The quantitative estimate of drug-likeness (QED) is 0.937. The maximum absolute atomic E-state index is 4.51. The van der Waals surface area contributed by atoms with Crippen molar-refractivity contribution in [1.29, 1.82) is 0 Å². The minimum atomic E-state index is 0.577. The van der Waals surface area contributed by atoms with Crippen LogP contribution in [-0.4, -0.2) is 45.8 Å². The maximum atomic E-state index is 4.51. The highest BCUT2D eigenvalue weighted by Crippen LogP contribution is 2.29. The number of nitrogens with one attached hydrogen (secondary N) is 1. The fraction of sp³-hybridized carbons (Fsp3) is 0.579. The molecule has 1 saturated heterocycles. The lowest BCUT2D eigenvalue weighted by molar-refractivity contribution is 0.198. The van der Waals surface area contributed by atoms with Crippen LogP contribution in [0.2, 0.25) is 0 Å². The molecular weight excluding hydrogens is 298 g/mol. The zero-order chi connectivity index (χ0) is 16.4. The molecule has 2 aliphatic heterocycles. The van der Waals surface area contributed by atoms with E-state index < -0.39 is 0 Å². The van der Waals surface area contributed by atoms with Gasteiger partial charge < -0.3 is 14.8 Å². The molecule has 5 nitrogen and oxygen atoms in total. The Morgan fingerprint density at radius 2 is 1.92 bits per heavy atom. The minimum Gasteiger partial charge on any atom is -0.312 e. The normalized spacial score (nSPS) is 20.7. The molecule has 1 aromatic carbocycles. The van der Waals surface area contributed by atoms with Crippen molar-refractivity contribution in [3.63, 3.8) is 0 Å². The molecule has 128 valence electrons. The number of fused-ring (bicyclic) bond motifs is 1. The summed E-state index contributed by atoms with van der Waals surface area (Å²) in [6.45, 7) is 8.74. The van der Waals surface area contributed by atoms with Crippen molar-refractivity contribution in [2.45, 2.75) is 44.7 Å². The average molecular weight is 325 g/mol. The molecule has 1 N–H and O–H groups in total. The molecule has 24 heavy (non-hydrogen) atoms. The standard InChI is InChI=1S/C19H27N5/c1-15(16-5-3-2-4-6-16)14-23-10-7-17(8-11-23)19-22-21-18-13-20-9-12-24(18)19/h2-6,15,17,20H,7-14H2,1H3. The monoisotopic (exact) mass is 325 g/mol. The summed E-state index contributed by atoms with van der Waals surface area (Å²) in [6, 6.07) is 10.9. The van der Waals surface area contributed by atoms with Gasteiger partial charge in [0.25, 0.3) is 0 Å². The predicted molar refractivity (Wildman–Crippen MR) is 95.0 cm³/mol. The summed E-state index contributed by atoms with van der Waals surface area (Å²) < 4.78 is 2.35. The fourth-order valence-corrected chi connectivity index (χ4v) is 4.06. The number of rotatable bonds is 4. The van der Waals surface area contributed by atoms with Crippen LogP contribution >= 0.6 is 0 Å². The van der Waals surface area contributed by atoms with E-state index >= 15 is 0 Å². The first-order chi connectivity index (χ1) is 11.8. The third kappa shape index (κ3) is 3.23. The summed E-state index contributed by atoms with van der Waals surface area (Å²) in [4.78, 5) is 2.61. The first-order valence-electron chi connectivity index (χ1n) is 9.21. The Kier molecular flexibility index (Phi) is 4.63. The van der Waals surface area contributed by atoms with E-state index in [1.807, 2.05) is 0 Å². The van der Waals surface area contributed by atoms with E-state index in [1.165, 1.54) is 37.3 Å². The number of benzene rings is 1. The average Bonchev–Trinajstić information content (AvgIpc) is 3.07. The van der Waals surface area contributed by atoms with E-state index in [0.29, 0.717) is 11.8 Å². The first kappa shape index (κ1) is 15.8. The number of aromatic nitrogens is 3. The van der Waals surface area contributed by atoms with Gasteiger partial charge in [0, 0.05) is 25.6 Å². The Balaban J connectivity index is 1.34. The molecule has 0 aliphatic carbocycles. The molecule has 0 radical (unpaired) electrons. The van der Waals surface area contributed by atoms with Crippen LogP contribution in [-0.2, 0) is 13.1 Å². The highest BCUT2D eigenvalue weighted by atomic mass is 15.3. The van der Waals surface area contributed by atoms with Crippen molar-refractivity contribution in [2.75, 3.05) is 26.2 Å². The van der Waals surface area contributed by atoms with E-state index in [0.717, 1.165) is 32.0 Å². The van der Waals surface area contributed by atoms with Crippen LogP contribution in [0, 0.1) is 0 Å². The summed E-state index contributed by atoms with van der Waals surface area (Å²) in [5, 5.41) is 12.3. The van der Waals surface area contributed by atoms with Crippen LogP contribution in [0.4, 0.5) is 0 Å². The van der Waals surface area contributed by atoms with Gasteiger partial charge in [-0.2, -0.15) is 0 Å². The maximum Gasteiger partial charge on any atom is 0.147 e. The van der Waals surface area contributed by atoms with Gasteiger partial charge in [0.05, 0.1) is 6.54 Å². The molecule has 0 bridgehead atoms. The van der Waals surface area contributed by atoms with Crippen molar-refractivity contribution >= 4 is 0 Å². The molecule has 1 aromatic heterocycles. The highest BCUT2D eigenvalue weighted by molar-refractivity contribution is 5.19. The molecule has 3 heterocycles. The van der Waals surface area contributed by atoms with Gasteiger partial charge in [0.15, 0.2) is 0 Å². The molecule has 2 aliphatic rings. The molecule has 1 unspecified atom stereocenters. The zero-order valence-corrected chi connectivity index (χ0v) is 14.5. The fourth-order valence-electron chi connectivity index (χ4n) is 4.06. The van der Waals surface area contributed by atoms with Gasteiger partial charge in [0.2, 0.25) is 0 Å². The zero-order valence-electron chi connectivity index (χ0n) is 14.5. The SMILES string of the molecule is CC(CN1CCC(c2nnc3n2CCNC3)CC1)c1ccccc1. The van der Waals surface area contributed by atoms with Crippen LogP contribution in [0.15, 0.2) is 30.3 Å². The van der Waals surface area contributed by atoms with E-state index in [9.17, 15) is 0 Å². The predicted octanol–water partition coefficient (Wildman–Crippen LogP) is 2.36. The van der Waals surface area contributed by atoms with E-state index in [-0.39, 0.29) is 0 Å². The van der Waals surface area contributed by atoms with Crippen LogP contribution in [0.25, 0.3) is 0 Å². The van der Waals surface area contributed by atoms with Crippen molar-refractivity contribution in [1.82, 2.24) is 25.0 Å². The Hall–Kier alpha value is -1.72. The lowest BCUT2D eigenvalue weighted by Crippen LogP contribution is -2.37. The minimum absolute atomic E-state index is 0.577. The second kappa shape index (κ2) is 7.03. The van der Waals surface area contributed by atoms with Crippen LogP contribution in [0.5, 0.6) is 0 Å². The van der Waals surface area contributed by atoms with Gasteiger partial charge in [-0.3, -0.25) is 0 Å². The van der Waals surface area contributed by atoms with Gasteiger partial charge in [-0.05, 0) is 37.4 Å². The molecule has 5 heteroatoms. The van der Waals surface area contributed by atoms with Crippen molar-refractivity contribution in [3.8, 4) is 0 Å². The lowest BCUT2D eigenvalue weighted by Gasteiger charge is -2.33. The van der Waals surface area contributed by atoms with Crippen LogP contribution in [0.3, 0.4) is 0 Å². The molecule has 0 saturated carbocycles. The number of piperidine rings is 1. The molecule has 1 atom stereocenters. The Morgan fingerprint density at radius 3 is 2.71 bits per heavy atom. The summed E-state index contributed by atoms with van der Waals surface area (Å²) >= 11 is 0. The third-order valence-electron chi connectivity index (χ3n) is 5.50. The van der Waals surface area contributed by atoms with Crippen LogP contribution < -0.4 is 5.32 Å². The van der Waals surface area contributed by atoms with Gasteiger partial charge >= 0.3 is 0 Å². The van der Waals surface area contributed by atoms with Gasteiger partial charge in [-0.1, -0.05) is 37.3 Å². The molecule has 2 aromatic rings. The Morgan fingerprint density at radius 1 is 1.12 bits per heavy atom. The summed E-state index contributed by atoms with van der Waals surface area (Å²) in [5.74, 6) is 3.50. The Labute approximate surface area is 144 Å². The number of nitrogens with zero attached hydrogens (tertiary/aromatic N) is 4. The Bertz CT molecular complexity index is 658. The summed E-state index contributed by atoms with van der Waals surface area (Å²) in [7, 11) is 0. The van der Waals surface area contributed by atoms with Gasteiger partial charge in [0.1, 0.15) is 11.6 Å². The largest absolute Gasteiger partial charge is 0.312 e. The topological polar surface area (TPSA) is 46.0 Å². The molecule has 1 fully saturated rings. The summed E-state index contributed by atoms with van der Waals surface area (Å²) in [5.41, 5.74) is 1.44. The molecule has 4 rings (SSSR count). The van der Waals surface area contributed by atoms with E-state index in [4.69, 9.17) is 0 Å². The van der Waals surface area contributed by atoms with Crippen molar-refractivity contribution in [2.24, 2.45) is 0 Å². The number of hydrogen-bond acceptors (Lipinski definition) is 4. The molecule has 0 amide bonds. The second-order valence-electron chi connectivity index (χ2n) is 7.19. The van der Waals surface area contributed by atoms with Gasteiger partial charge in [-0.15, -0.1) is 10.2 Å².